The standard InChI is InChI=1S/C20H33N3O4S/c1-5-6-7-8-13-21-20(25)14-19(15(2)3)23-28(26,27)18-11-9-17(10-12-18)22-16(4)24/h9-12,15,19,23H,5-8,13-14H2,1-4H3,(H,21,25)(H,22,24)/t19-/m0/s1. The molecule has 0 fully saturated rings. The summed E-state index contributed by atoms with van der Waals surface area (Å²) in [7, 11) is -3.77. The molecule has 8 heteroatoms. The predicted molar refractivity (Wildman–Crippen MR) is 111 cm³/mol. The van der Waals surface area contributed by atoms with Gasteiger partial charge in [0, 0.05) is 31.6 Å². The minimum absolute atomic E-state index is 0.0423. The highest BCUT2D eigenvalue weighted by Crippen LogP contribution is 2.17. The second kappa shape index (κ2) is 11.8. The lowest BCUT2D eigenvalue weighted by molar-refractivity contribution is -0.121. The van der Waals surface area contributed by atoms with Gasteiger partial charge in [0.2, 0.25) is 21.8 Å². The number of carbonyl (C=O) groups excluding carboxylic acids is 2. The highest BCUT2D eigenvalue weighted by molar-refractivity contribution is 7.89. The van der Waals surface area contributed by atoms with Crippen molar-refractivity contribution in [3.05, 3.63) is 24.3 Å². The molecule has 0 spiro atoms. The highest BCUT2D eigenvalue weighted by atomic mass is 32.2. The maximum absolute atomic E-state index is 12.7. The Labute approximate surface area is 168 Å². The zero-order valence-electron chi connectivity index (χ0n) is 17.2. The van der Waals surface area contributed by atoms with Crippen LogP contribution in [-0.4, -0.2) is 32.8 Å². The molecule has 0 aliphatic heterocycles. The topological polar surface area (TPSA) is 104 Å². The molecule has 0 unspecified atom stereocenters. The molecule has 7 nitrogen and oxygen atoms in total. The molecule has 0 heterocycles. The molecule has 3 N–H and O–H groups in total. The quantitative estimate of drug-likeness (QED) is 0.460. The molecule has 0 aromatic heterocycles. The van der Waals surface area contributed by atoms with E-state index in [1.807, 2.05) is 13.8 Å². The van der Waals surface area contributed by atoms with Crippen LogP contribution in [0.3, 0.4) is 0 Å². The van der Waals surface area contributed by atoms with Crippen LogP contribution < -0.4 is 15.4 Å². The van der Waals surface area contributed by atoms with E-state index in [2.05, 4.69) is 22.3 Å². The van der Waals surface area contributed by atoms with Crippen LogP contribution >= 0.6 is 0 Å². The Balaban J connectivity index is 2.68. The van der Waals surface area contributed by atoms with Crippen molar-refractivity contribution in [3.63, 3.8) is 0 Å². The molecule has 1 aromatic rings. The first-order valence-corrected chi connectivity index (χ1v) is 11.3. The van der Waals surface area contributed by atoms with Crippen molar-refractivity contribution < 1.29 is 18.0 Å². The molecule has 0 aliphatic rings. The normalized spacial score (nSPS) is 12.6. The molecule has 0 aliphatic carbocycles. The predicted octanol–water partition coefficient (Wildman–Crippen LogP) is 3.03. The van der Waals surface area contributed by atoms with Crippen molar-refractivity contribution in [1.82, 2.24) is 10.0 Å². The van der Waals surface area contributed by atoms with Crippen LogP contribution in [0.1, 0.15) is 59.8 Å². The molecular weight excluding hydrogens is 378 g/mol. The first-order chi connectivity index (χ1) is 13.2. The van der Waals surface area contributed by atoms with E-state index in [4.69, 9.17) is 0 Å². The van der Waals surface area contributed by atoms with Crippen molar-refractivity contribution in [2.75, 3.05) is 11.9 Å². The van der Waals surface area contributed by atoms with Gasteiger partial charge in [0.1, 0.15) is 0 Å². The number of carbonyl (C=O) groups is 2. The lowest BCUT2D eigenvalue weighted by atomic mass is 10.0. The summed E-state index contributed by atoms with van der Waals surface area (Å²) in [5.41, 5.74) is 0.523. The van der Waals surface area contributed by atoms with Crippen molar-refractivity contribution in [2.24, 2.45) is 5.92 Å². The number of hydrogen-bond acceptors (Lipinski definition) is 4. The van der Waals surface area contributed by atoms with Gasteiger partial charge in [-0.1, -0.05) is 40.0 Å². The molecule has 158 valence electrons. The molecular formula is C20H33N3O4S. The van der Waals surface area contributed by atoms with Gasteiger partial charge in [-0.05, 0) is 36.6 Å². The summed E-state index contributed by atoms with van der Waals surface area (Å²) in [5.74, 6) is -0.424. The summed E-state index contributed by atoms with van der Waals surface area (Å²) in [5, 5.41) is 5.46. The Morgan fingerprint density at radius 1 is 1.04 bits per heavy atom. The van der Waals surface area contributed by atoms with Gasteiger partial charge in [-0.3, -0.25) is 9.59 Å². The van der Waals surface area contributed by atoms with Gasteiger partial charge in [0.25, 0.3) is 0 Å². The second-order valence-corrected chi connectivity index (χ2v) is 9.01. The fourth-order valence-electron chi connectivity index (χ4n) is 2.65. The Bertz CT molecular complexity index is 730. The summed E-state index contributed by atoms with van der Waals surface area (Å²) in [6.07, 6.45) is 4.38. The van der Waals surface area contributed by atoms with Crippen LogP contribution in [-0.2, 0) is 19.6 Å². The van der Waals surface area contributed by atoms with Crippen molar-refractivity contribution in [1.29, 1.82) is 0 Å². The fraction of sp³-hybridized carbons (Fsp3) is 0.600. The Hall–Kier alpha value is -1.93. The zero-order valence-corrected chi connectivity index (χ0v) is 18.1. The largest absolute Gasteiger partial charge is 0.356 e. The van der Waals surface area contributed by atoms with Crippen LogP contribution in [0.4, 0.5) is 5.69 Å². The zero-order chi connectivity index (χ0) is 21.2. The number of unbranched alkanes of at least 4 members (excludes halogenated alkanes) is 3. The molecule has 0 bridgehead atoms. The summed E-state index contributed by atoms with van der Waals surface area (Å²) in [6.45, 7) is 7.88. The van der Waals surface area contributed by atoms with Gasteiger partial charge in [-0.25, -0.2) is 13.1 Å². The third-order valence-corrected chi connectivity index (χ3v) is 5.86. The number of anilines is 1. The minimum atomic E-state index is -3.77. The lowest BCUT2D eigenvalue weighted by Crippen LogP contribution is -2.42. The monoisotopic (exact) mass is 411 g/mol. The summed E-state index contributed by atoms with van der Waals surface area (Å²) < 4.78 is 28.0. The van der Waals surface area contributed by atoms with Crippen molar-refractivity contribution in [3.8, 4) is 0 Å². The first kappa shape index (κ1) is 24.1. The second-order valence-electron chi connectivity index (χ2n) is 7.29. The molecule has 28 heavy (non-hydrogen) atoms. The smallest absolute Gasteiger partial charge is 0.240 e. The Morgan fingerprint density at radius 3 is 2.21 bits per heavy atom. The van der Waals surface area contributed by atoms with Gasteiger partial charge in [-0.15, -0.1) is 0 Å². The number of nitrogens with one attached hydrogen (secondary N) is 3. The molecule has 2 amide bonds. The van der Waals surface area contributed by atoms with E-state index in [-0.39, 0.29) is 29.0 Å². The van der Waals surface area contributed by atoms with E-state index >= 15 is 0 Å². The summed E-state index contributed by atoms with van der Waals surface area (Å²) in [4.78, 5) is 23.3. The third kappa shape index (κ3) is 8.84. The van der Waals surface area contributed by atoms with Gasteiger partial charge in [0.05, 0.1) is 4.90 Å². The summed E-state index contributed by atoms with van der Waals surface area (Å²) >= 11 is 0. The van der Waals surface area contributed by atoms with Crippen LogP contribution in [0.25, 0.3) is 0 Å². The Morgan fingerprint density at radius 2 is 1.68 bits per heavy atom. The maximum atomic E-state index is 12.7. The summed E-state index contributed by atoms with van der Waals surface area (Å²) in [6, 6.07) is 5.42. The van der Waals surface area contributed by atoms with E-state index in [0.717, 1.165) is 25.7 Å². The Kier molecular flexibility index (Phi) is 10.2. The van der Waals surface area contributed by atoms with E-state index in [0.29, 0.717) is 12.2 Å². The number of sulfonamides is 1. The number of hydrogen-bond donors (Lipinski definition) is 3. The number of rotatable bonds is 12. The minimum Gasteiger partial charge on any atom is -0.356 e. The fourth-order valence-corrected chi connectivity index (χ4v) is 4.04. The first-order valence-electron chi connectivity index (χ1n) is 9.82. The molecule has 1 rings (SSSR count). The molecule has 0 saturated heterocycles. The highest BCUT2D eigenvalue weighted by Gasteiger charge is 2.24. The van der Waals surface area contributed by atoms with Gasteiger partial charge in [-0.2, -0.15) is 0 Å². The maximum Gasteiger partial charge on any atom is 0.240 e. The van der Waals surface area contributed by atoms with Crippen LogP contribution in [0, 0.1) is 5.92 Å². The van der Waals surface area contributed by atoms with Gasteiger partial charge >= 0.3 is 0 Å². The SMILES string of the molecule is CCCCCCNC(=O)C[C@H](NS(=O)(=O)c1ccc(NC(C)=O)cc1)C(C)C. The van der Waals surface area contributed by atoms with Crippen molar-refractivity contribution in [2.45, 2.75) is 70.7 Å². The van der Waals surface area contributed by atoms with E-state index in [1.165, 1.54) is 31.2 Å². The molecule has 1 atom stereocenters. The molecule has 0 radical (unpaired) electrons. The van der Waals surface area contributed by atoms with E-state index < -0.39 is 16.1 Å². The number of amides is 2. The van der Waals surface area contributed by atoms with Gasteiger partial charge < -0.3 is 10.6 Å². The average Bonchev–Trinajstić information content (AvgIpc) is 2.60. The van der Waals surface area contributed by atoms with Gasteiger partial charge in [0.15, 0.2) is 0 Å². The van der Waals surface area contributed by atoms with E-state index in [1.54, 1.807) is 0 Å². The van der Waals surface area contributed by atoms with Crippen molar-refractivity contribution >= 4 is 27.5 Å². The molecule has 0 saturated carbocycles. The van der Waals surface area contributed by atoms with Crippen LogP contribution in [0.2, 0.25) is 0 Å². The van der Waals surface area contributed by atoms with Crippen LogP contribution in [0.15, 0.2) is 29.2 Å². The van der Waals surface area contributed by atoms with Crippen LogP contribution in [0.5, 0.6) is 0 Å². The van der Waals surface area contributed by atoms with E-state index in [9.17, 15) is 18.0 Å². The molecule has 1 aromatic carbocycles. The lowest BCUT2D eigenvalue weighted by Gasteiger charge is -2.22. The third-order valence-electron chi connectivity index (χ3n) is 4.35. The number of benzene rings is 1. The average molecular weight is 412 g/mol.